The molecule has 0 aromatic carbocycles. The lowest BCUT2D eigenvalue weighted by atomic mass is 9.77. The molecule has 0 atom stereocenters. The van der Waals surface area contributed by atoms with Gasteiger partial charge in [-0.15, -0.1) is 0 Å². The van der Waals surface area contributed by atoms with E-state index in [1.807, 2.05) is 0 Å². The van der Waals surface area contributed by atoms with Crippen molar-refractivity contribution in [3.8, 4) is 0 Å². The molecule has 0 aromatic heterocycles. The van der Waals surface area contributed by atoms with Gasteiger partial charge in [0.25, 0.3) is 0 Å². The molecule has 0 amide bonds. The summed E-state index contributed by atoms with van der Waals surface area (Å²) in [6.07, 6.45) is 13.8. The van der Waals surface area contributed by atoms with Gasteiger partial charge in [-0.1, -0.05) is 26.2 Å². The van der Waals surface area contributed by atoms with Crippen molar-refractivity contribution < 1.29 is 4.74 Å². The van der Waals surface area contributed by atoms with E-state index in [-0.39, 0.29) is 5.60 Å². The first-order chi connectivity index (χ1) is 8.35. The van der Waals surface area contributed by atoms with Crippen molar-refractivity contribution in [3.63, 3.8) is 0 Å². The standard InChI is InChI=1S/C15H29NO/c1-2-12-16-13-11-15(9-6-10-15)17-14-7-4-3-5-8-14/h14,16H,2-13H2,1H3. The van der Waals surface area contributed by atoms with Crippen molar-refractivity contribution in [2.24, 2.45) is 0 Å². The van der Waals surface area contributed by atoms with E-state index in [0.717, 1.165) is 13.1 Å². The van der Waals surface area contributed by atoms with Crippen molar-refractivity contribution >= 4 is 0 Å². The van der Waals surface area contributed by atoms with Gasteiger partial charge < -0.3 is 10.1 Å². The molecule has 0 aromatic rings. The van der Waals surface area contributed by atoms with Crippen molar-refractivity contribution in [2.75, 3.05) is 13.1 Å². The molecule has 0 bridgehead atoms. The molecular weight excluding hydrogens is 210 g/mol. The fraction of sp³-hybridized carbons (Fsp3) is 1.00. The fourth-order valence-electron chi connectivity index (χ4n) is 3.15. The number of ether oxygens (including phenoxy) is 1. The molecule has 2 aliphatic rings. The highest BCUT2D eigenvalue weighted by atomic mass is 16.5. The molecule has 0 heterocycles. The molecule has 17 heavy (non-hydrogen) atoms. The Labute approximate surface area is 107 Å². The van der Waals surface area contributed by atoms with Gasteiger partial charge in [-0.25, -0.2) is 0 Å². The second-order valence-electron chi connectivity index (χ2n) is 5.91. The van der Waals surface area contributed by atoms with Crippen molar-refractivity contribution in [2.45, 2.75) is 82.8 Å². The van der Waals surface area contributed by atoms with Crippen LogP contribution in [-0.2, 0) is 4.74 Å². The first-order valence-corrected chi connectivity index (χ1v) is 7.73. The number of rotatable bonds is 7. The average Bonchev–Trinajstić information content (AvgIpc) is 2.32. The van der Waals surface area contributed by atoms with Gasteiger partial charge in [-0.05, 0) is 58.0 Å². The maximum absolute atomic E-state index is 6.46. The highest BCUT2D eigenvalue weighted by Gasteiger charge is 2.39. The van der Waals surface area contributed by atoms with Crippen LogP contribution in [-0.4, -0.2) is 24.8 Å². The molecule has 2 aliphatic carbocycles. The van der Waals surface area contributed by atoms with Gasteiger partial charge in [0.05, 0.1) is 11.7 Å². The summed E-state index contributed by atoms with van der Waals surface area (Å²) >= 11 is 0. The highest BCUT2D eigenvalue weighted by molar-refractivity contribution is 4.91. The maximum atomic E-state index is 6.46. The molecular formula is C15H29NO. The zero-order valence-corrected chi connectivity index (χ0v) is 11.5. The summed E-state index contributed by atoms with van der Waals surface area (Å²) in [6, 6.07) is 0. The van der Waals surface area contributed by atoms with E-state index in [4.69, 9.17) is 4.74 Å². The zero-order valence-electron chi connectivity index (χ0n) is 11.5. The molecule has 2 heteroatoms. The number of hydrogen-bond donors (Lipinski definition) is 1. The summed E-state index contributed by atoms with van der Waals surface area (Å²) < 4.78 is 6.46. The van der Waals surface area contributed by atoms with Crippen LogP contribution in [0.5, 0.6) is 0 Å². The number of hydrogen-bond acceptors (Lipinski definition) is 2. The van der Waals surface area contributed by atoms with Gasteiger partial charge in [-0.2, -0.15) is 0 Å². The first-order valence-electron chi connectivity index (χ1n) is 7.73. The Kier molecular flexibility index (Phi) is 5.30. The van der Waals surface area contributed by atoms with E-state index in [0.29, 0.717) is 6.10 Å². The van der Waals surface area contributed by atoms with Crippen LogP contribution in [0.2, 0.25) is 0 Å². The summed E-state index contributed by atoms with van der Waals surface area (Å²) in [5.41, 5.74) is 0.267. The quantitative estimate of drug-likeness (QED) is 0.685. The van der Waals surface area contributed by atoms with E-state index in [1.54, 1.807) is 0 Å². The Hall–Kier alpha value is -0.0800. The van der Waals surface area contributed by atoms with Crippen LogP contribution in [0.25, 0.3) is 0 Å². The van der Waals surface area contributed by atoms with Gasteiger partial charge in [0.15, 0.2) is 0 Å². The van der Waals surface area contributed by atoms with Crippen molar-refractivity contribution in [3.05, 3.63) is 0 Å². The van der Waals surface area contributed by atoms with Crippen LogP contribution in [0.4, 0.5) is 0 Å². The molecule has 0 saturated heterocycles. The van der Waals surface area contributed by atoms with Gasteiger partial charge in [0.2, 0.25) is 0 Å². The molecule has 2 nitrogen and oxygen atoms in total. The van der Waals surface area contributed by atoms with E-state index in [2.05, 4.69) is 12.2 Å². The SMILES string of the molecule is CCCNCCC1(OC2CCCCC2)CCC1. The molecule has 0 radical (unpaired) electrons. The van der Waals surface area contributed by atoms with E-state index in [9.17, 15) is 0 Å². The number of nitrogens with one attached hydrogen (secondary N) is 1. The van der Waals surface area contributed by atoms with E-state index < -0.39 is 0 Å². The lowest BCUT2D eigenvalue weighted by Crippen LogP contribution is -2.45. The molecule has 100 valence electrons. The molecule has 1 N–H and O–H groups in total. The predicted molar refractivity (Wildman–Crippen MR) is 72.3 cm³/mol. The molecule has 2 fully saturated rings. The summed E-state index contributed by atoms with van der Waals surface area (Å²) in [7, 11) is 0. The predicted octanol–water partition coefficient (Wildman–Crippen LogP) is 3.65. The molecule has 2 saturated carbocycles. The van der Waals surface area contributed by atoms with Crippen LogP contribution in [0.3, 0.4) is 0 Å². The Bertz CT molecular complexity index is 207. The summed E-state index contributed by atoms with van der Waals surface area (Å²) in [6.45, 7) is 4.52. The first kappa shape index (κ1) is 13.4. The van der Waals surface area contributed by atoms with Crippen LogP contribution >= 0.6 is 0 Å². The minimum absolute atomic E-state index is 0.267. The third-order valence-electron chi connectivity index (χ3n) is 4.42. The molecule has 2 rings (SSSR count). The van der Waals surface area contributed by atoms with Gasteiger partial charge in [-0.3, -0.25) is 0 Å². The van der Waals surface area contributed by atoms with Gasteiger partial charge in [0.1, 0.15) is 0 Å². The maximum Gasteiger partial charge on any atom is 0.0698 e. The van der Waals surface area contributed by atoms with Crippen LogP contribution < -0.4 is 5.32 Å². The monoisotopic (exact) mass is 239 g/mol. The summed E-state index contributed by atoms with van der Waals surface area (Å²) in [4.78, 5) is 0. The Morgan fingerprint density at radius 3 is 2.41 bits per heavy atom. The van der Waals surface area contributed by atoms with Crippen LogP contribution in [0.15, 0.2) is 0 Å². The second-order valence-corrected chi connectivity index (χ2v) is 5.91. The van der Waals surface area contributed by atoms with Gasteiger partial charge in [0, 0.05) is 0 Å². The highest BCUT2D eigenvalue weighted by Crippen LogP contribution is 2.41. The minimum Gasteiger partial charge on any atom is -0.372 e. The van der Waals surface area contributed by atoms with Crippen molar-refractivity contribution in [1.29, 1.82) is 0 Å². The Morgan fingerprint density at radius 1 is 1.06 bits per heavy atom. The van der Waals surface area contributed by atoms with Crippen LogP contribution in [0, 0.1) is 0 Å². The van der Waals surface area contributed by atoms with Gasteiger partial charge >= 0.3 is 0 Å². The fourth-order valence-corrected chi connectivity index (χ4v) is 3.15. The normalized spacial score (nSPS) is 24.5. The van der Waals surface area contributed by atoms with Crippen molar-refractivity contribution in [1.82, 2.24) is 5.32 Å². The third kappa shape index (κ3) is 3.96. The Balaban J connectivity index is 1.70. The second kappa shape index (κ2) is 6.75. The molecule has 0 unspecified atom stereocenters. The smallest absolute Gasteiger partial charge is 0.0698 e. The summed E-state index contributed by atoms with van der Waals surface area (Å²) in [5, 5.41) is 3.52. The Morgan fingerprint density at radius 2 is 1.82 bits per heavy atom. The molecule has 0 spiro atoms. The topological polar surface area (TPSA) is 21.3 Å². The zero-order chi connectivity index (χ0) is 12.0. The largest absolute Gasteiger partial charge is 0.372 e. The van der Waals surface area contributed by atoms with E-state index in [1.165, 1.54) is 64.2 Å². The lowest BCUT2D eigenvalue weighted by molar-refractivity contribution is -0.151. The van der Waals surface area contributed by atoms with Crippen LogP contribution in [0.1, 0.15) is 71.1 Å². The lowest BCUT2D eigenvalue weighted by Gasteiger charge is -2.45. The third-order valence-corrected chi connectivity index (χ3v) is 4.42. The minimum atomic E-state index is 0.267. The summed E-state index contributed by atoms with van der Waals surface area (Å²) in [5.74, 6) is 0. The van der Waals surface area contributed by atoms with E-state index >= 15 is 0 Å². The molecule has 0 aliphatic heterocycles. The average molecular weight is 239 g/mol.